The molecule has 3 aromatic rings. The fourth-order valence-electron chi connectivity index (χ4n) is 3.28. The zero-order valence-electron chi connectivity index (χ0n) is 16.6. The number of aromatic nitrogens is 1. The van der Waals surface area contributed by atoms with Crippen molar-refractivity contribution in [2.45, 2.75) is 6.92 Å². The predicted octanol–water partition coefficient (Wildman–Crippen LogP) is 4.08. The summed E-state index contributed by atoms with van der Waals surface area (Å²) in [6.45, 7) is 1.49. The first-order valence-corrected chi connectivity index (χ1v) is 10.3. The predicted molar refractivity (Wildman–Crippen MR) is 121 cm³/mol. The molecule has 0 saturated carbocycles. The third kappa shape index (κ3) is 4.44. The van der Waals surface area contributed by atoms with Gasteiger partial charge in [-0.3, -0.25) is 9.59 Å². The normalized spacial score (nSPS) is 14.8. The molecule has 2 heterocycles. The molecular weight excluding hydrogens is 460 g/mol. The number of halogens is 1. The molecule has 31 heavy (non-hydrogen) atoms. The van der Waals surface area contributed by atoms with Crippen LogP contribution in [0.3, 0.4) is 0 Å². The average Bonchev–Trinajstić information content (AvgIpc) is 3.30. The Labute approximate surface area is 187 Å². The standard InChI is InChI=1S/C23H19BrN4O3/c1-15-6-2-3-10-19(15)25-21(29)14-28-22(30)20(26-23(28)31)13-18-9-5-11-27(18)17-8-4-7-16(24)12-17/h2-13H,14H2,1H3,(H,25,29)(H,26,31)/b20-13-. The molecule has 1 aromatic heterocycles. The van der Waals surface area contributed by atoms with E-state index >= 15 is 0 Å². The Kier molecular flexibility index (Phi) is 5.73. The minimum atomic E-state index is -0.628. The van der Waals surface area contributed by atoms with Crippen molar-refractivity contribution in [3.05, 3.63) is 88.3 Å². The molecule has 0 spiro atoms. The Balaban J connectivity index is 1.51. The summed E-state index contributed by atoms with van der Waals surface area (Å²) in [4.78, 5) is 38.4. The molecule has 2 aromatic carbocycles. The Morgan fingerprint density at radius 2 is 1.90 bits per heavy atom. The maximum absolute atomic E-state index is 12.8. The summed E-state index contributed by atoms with van der Waals surface area (Å²) in [5, 5.41) is 5.29. The summed E-state index contributed by atoms with van der Waals surface area (Å²) in [6.07, 6.45) is 3.46. The van der Waals surface area contributed by atoms with Gasteiger partial charge >= 0.3 is 6.03 Å². The Morgan fingerprint density at radius 3 is 2.68 bits per heavy atom. The lowest BCUT2D eigenvalue weighted by Crippen LogP contribution is -2.38. The fraction of sp³-hybridized carbons (Fsp3) is 0.0870. The molecule has 156 valence electrons. The van der Waals surface area contributed by atoms with Gasteiger partial charge in [0.25, 0.3) is 5.91 Å². The van der Waals surface area contributed by atoms with Crippen molar-refractivity contribution in [2.24, 2.45) is 0 Å². The van der Waals surface area contributed by atoms with Gasteiger partial charge in [-0.15, -0.1) is 0 Å². The summed E-state index contributed by atoms with van der Waals surface area (Å²) in [6, 6.07) is 18.1. The highest BCUT2D eigenvalue weighted by atomic mass is 79.9. The van der Waals surface area contributed by atoms with Crippen LogP contribution < -0.4 is 10.6 Å². The van der Waals surface area contributed by atoms with E-state index in [1.807, 2.05) is 66.2 Å². The van der Waals surface area contributed by atoms with Crippen molar-refractivity contribution in [2.75, 3.05) is 11.9 Å². The number of hydrogen-bond acceptors (Lipinski definition) is 3. The Bertz CT molecular complexity index is 1210. The van der Waals surface area contributed by atoms with Gasteiger partial charge in [-0.25, -0.2) is 9.69 Å². The van der Waals surface area contributed by atoms with Gasteiger partial charge in [-0.2, -0.15) is 0 Å². The van der Waals surface area contributed by atoms with E-state index in [1.165, 1.54) is 0 Å². The largest absolute Gasteiger partial charge is 0.329 e. The van der Waals surface area contributed by atoms with Crippen molar-refractivity contribution in [1.29, 1.82) is 0 Å². The van der Waals surface area contributed by atoms with Gasteiger partial charge in [0.15, 0.2) is 0 Å². The van der Waals surface area contributed by atoms with Gasteiger partial charge in [0, 0.05) is 27.7 Å². The summed E-state index contributed by atoms with van der Waals surface area (Å²) in [7, 11) is 0. The highest BCUT2D eigenvalue weighted by Gasteiger charge is 2.35. The average molecular weight is 479 g/mol. The number of benzene rings is 2. The summed E-state index contributed by atoms with van der Waals surface area (Å²) in [5.41, 5.74) is 3.26. The quantitative estimate of drug-likeness (QED) is 0.428. The Hall–Kier alpha value is -3.65. The minimum Gasteiger partial charge on any atom is -0.324 e. The van der Waals surface area contributed by atoms with E-state index in [0.717, 1.165) is 20.6 Å². The van der Waals surface area contributed by atoms with Crippen molar-refractivity contribution in [1.82, 2.24) is 14.8 Å². The molecule has 0 bridgehead atoms. The summed E-state index contributed by atoms with van der Waals surface area (Å²) >= 11 is 3.45. The number of carbonyl (C=O) groups is 3. The number of anilines is 1. The molecule has 7 nitrogen and oxygen atoms in total. The molecule has 4 amide bonds. The van der Waals surface area contributed by atoms with Crippen LogP contribution in [0.5, 0.6) is 0 Å². The number of aryl methyl sites for hydroxylation is 1. The van der Waals surface area contributed by atoms with Crippen LogP contribution >= 0.6 is 15.9 Å². The van der Waals surface area contributed by atoms with Crippen molar-refractivity contribution in [3.63, 3.8) is 0 Å². The number of rotatable bonds is 5. The van der Waals surface area contributed by atoms with Crippen molar-refractivity contribution in [3.8, 4) is 5.69 Å². The van der Waals surface area contributed by atoms with E-state index in [9.17, 15) is 14.4 Å². The summed E-state index contributed by atoms with van der Waals surface area (Å²) < 4.78 is 2.82. The number of para-hydroxylation sites is 1. The van der Waals surface area contributed by atoms with Gasteiger partial charge < -0.3 is 15.2 Å². The number of nitrogens with one attached hydrogen (secondary N) is 2. The zero-order chi connectivity index (χ0) is 22.0. The number of urea groups is 1. The Morgan fingerprint density at radius 1 is 1.10 bits per heavy atom. The van der Waals surface area contributed by atoms with Crippen LogP contribution in [0.1, 0.15) is 11.3 Å². The highest BCUT2D eigenvalue weighted by molar-refractivity contribution is 9.10. The highest BCUT2D eigenvalue weighted by Crippen LogP contribution is 2.21. The van der Waals surface area contributed by atoms with Crippen LogP contribution in [0.25, 0.3) is 11.8 Å². The molecule has 0 unspecified atom stereocenters. The fourth-order valence-corrected chi connectivity index (χ4v) is 3.67. The van der Waals surface area contributed by atoms with E-state index in [2.05, 4.69) is 26.6 Å². The van der Waals surface area contributed by atoms with Crippen LogP contribution in [0.2, 0.25) is 0 Å². The first kappa shape index (κ1) is 20.6. The van der Waals surface area contributed by atoms with Crippen LogP contribution in [0.15, 0.2) is 77.0 Å². The van der Waals surface area contributed by atoms with Gasteiger partial charge in [-0.1, -0.05) is 40.2 Å². The molecule has 0 radical (unpaired) electrons. The van der Waals surface area contributed by atoms with Gasteiger partial charge in [-0.05, 0) is 55.0 Å². The van der Waals surface area contributed by atoms with Crippen molar-refractivity contribution >= 4 is 45.5 Å². The zero-order valence-corrected chi connectivity index (χ0v) is 18.2. The van der Waals surface area contributed by atoms with Crippen LogP contribution in [-0.4, -0.2) is 33.9 Å². The molecule has 2 N–H and O–H groups in total. The van der Waals surface area contributed by atoms with Gasteiger partial charge in [0.05, 0.1) is 0 Å². The lowest BCUT2D eigenvalue weighted by atomic mass is 10.2. The molecule has 8 heteroatoms. The molecule has 0 atom stereocenters. The number of amides is 4. The number of hydrogen-bond donors (Lipinski definition) is 2. The van der Waals surface area contributed by atoms with E-state index in [0.29, 0.717) is 11.4 Å². The molecule has 1 aliphatic rings. The molecule has 1 fully saturated rings. The van der Waals surface area contributed by atoms with E-state index in [4.69, 9.17) is 0 Å². The van der Waals surface area contributed by atoms with Crippen LogP contribution in [0, 0.1) is 6.92 Å². The molecule has 0 aliphatic carbocycles. The maximum Gasteiger partial charge on any atom is 0.329 e. The van der Waals surface area contributed by atoms with E-state index < -0.39 is 17.8 Å². The molecule has 1 saturated heterocycles. The van der Waals surface area contributed by atoms with Gasteiger partial charge in [0.2, 0.25) is 5.91 Å². The number of nitrogens with zero attached hydrogens (tertiary/aromatic N) is 2. The van der Waals surface area contributed by atoms with E-state index in [-0.39, 0.29) is 12.2 Å². The lowest BCUT2D eigenvalue weighted by Gasteiger charge is -2.13. The molecule has 1 aliphatic heterocycles. The second-order valence-corrected chi connectivity index (χ2v) is 7.94. The monoisotopic (exact) mass is 478 g/mol. The minimum absolute atomic E-state index is 0.114. The number of imide groups is 1. The first-order valence-electron chi connectivity index (χ1n) is 9.56. The van der Waals surface area contributed by atoms with Crippen LogP contribution in [0.4, 0.5) is 10.5 Å². The molecule has 4 rings (SSSR count). The maximum atomic E-state index is 12.8. The number of carbonyl (C=O) groups excluding carboxylic acids is 3. The van der Waals surface area contributed by atoms with E-state index in [1.54, 1.807) is 18.2 Å². The second-order valence-electron chi connectivity index (χ2n) is 7.03. The van der Waals surface area contributed by atoms with Gasteiger partial charge in [0.1, 0.15) is 12.2 Å². The third-order valence-electron chi connectivity index (χ3n) is 4.84. The van der Waals surface area contributed by atoms with Crippen molar-refractivity contribution < 1.29 is 14.4 Å². The summed E-state index contributed by atoms with van der Waals surface area (Å²) in [5.74, 6) is -0.997. The third-order valence-corrected chi connectivity index (χ3v) is 5.34. The first-order chi connectivity index (χ1) is 14.9. The topological polar surface area (TPSA) is 83.4 Å². The lowest BCUT2D eigenvalue weighted by molar-refractivity contribution is -0.127. The SMILES string of the molecule is Cc1ccccc1NC(=O)CN1C(=O)N/C(=C\c2cccn2-c2cccc(Br)c2)C1=O. The smallest absolute Gasteiger partial charge is 0.324 e. The molecular formula is C23H19BrN4O3. The second kappa shape index (κ2) is 8.61. The van der Waals surface area contributed by atoms with Crippen LogP contribution in [-0.2, 0) is 9.59 Å².